The molecular weight excluding hydrogens is 316 g/mol. The van der Waals surface area contributed by atoms with Crippen molar-refractivity contribution in [3.63, 3.8) is 0 Å². The normalized spacial score (nSPS) is 11.0. The summed E-state index contributed by atoms with van der Waals surface area (Å²) in [7, 11) is 2.01. The fraction of sp³-hybridized carbons (Fsp3) is 0.0417. The molecule has 0 atom stereocenters. The Hall–Kier alpha value is -3.57. The van der Waals surface area contributed by atoms with Crippen LogP contribution in [-0.2, 0) is 7.05 Å². The van der Waals surface area contributed by atoms with E-state index in [1.54, 1.807) is 0 Å². The van der Waals surface area contributed by atoms with E-state index >= 15 is 0 Å². The average Bonchev–Trinajstić information content (AvgIpc) is 3.01. The first-order chi connectivity index (χ1) is 12.8. The maximum atomic E-state index is 4.68. The minimum absolute atomic E-state index is 0.781. The molecular formula is C24H16N2. The summed E-state index contributed by atoms with van der Waals surface area (Å²) in [5.74, 6) is 7.50. The van der Waals surface area contributed by atoms with Gasteiger partial charge in [0.2, 0.25) is 0 Å². The molecule has 0 fully saturated rings. The van der Waals surface area contributed by atoms with Gasteiger partial charge in [-0.3, -0.25) is 0 Å². The Morgan fingerprint density at radius 1 is 0.731 bits per heavy atom. The van der Waals surface area contributed by atoms with Gasteiger partial charge in [0, 0.05) is 12.6 Å². The number of aryl methyl sites for hydroxylation is 1. The summed E-state index contributed by atoms with van der Waals surface area (Å²) in [5.41, 5.74) is 3.13. The molecule has 0 N–H and O–H groups in total. The maximum absolute atomic E-state index is 4.68. The minimum atomic E-state index is 0.781. The Labute approximate surface area is 151 Å². The van der Waals surface area contributed by atoms with E-state index in [1.807, 2.05) is 25.2 Å². The molecule has 5 aromatic rings. The summed E-state index contributed by atoms with van der Waals surface area (Å²) in [6.07, 6.45) is 0. The number of nitrogens with zero attached hydrogens (tertiary/aromatic N) is 2. The predicted octanol–water partition coefficient (Wildman–Crippen LogP) is 5.28. The Morgan fingerprint density at radius 3 is 2.04 bits per heavy atom. The zero-order chi connectivity index (χ0) is 17.5. The minimum Gasteiger partial charge on any atom is -0.320 e. The lowest BCUT2D eigenvalue weighted by Crippen LogP contribution is -1.92. The van der Waals surface area contributed by atoms with Crippen LogP contribution >= 0.6 is 0 Å². The summed E-state index contributed by atoms with van der Waals surface area (Å²) < 4.78 is 2.05. The van der Waals surface area contributed by atoms with E-state index in [0.717, 1.165) is 22.4 Å². The van der Waals surface area contributed by atoms with Crippen molar-refractivity contribution < 1.29 is 0 Å². The van der Waals surface area contributed by atoms with Crippen molar-refractivity contribution in [1.29, 1.82) is 0 Å². The van der Waals surface area contributed by atoms with Crippen LogP contribution in [0.25, 0.3) is 32.6 Å². The SMILES string of the molecule is Cn1c(C#Cc2c3ccccc3cc3ccccc23)nc2ccccc21. The largest absolute Gasteiger partial charge is 0.320 e. The van der Waals surface area contributed by atoms with E-state index in [9.17, 15) is 0 Å². The molecule has 0 saturated heterocycles. The van der Waals surface area contributed by atoms with E-state index in [4.69, 9.17) is 0 Å². The number of hydrogen-bond acceptors (Lipinski definition) is 1. The Kier molecular flexibility index (Phi) is 3.26. The zero-order valence-electron chi connectivity index (χ0n) is 14.4. The van der Waals surface area contributed by atoms with Crippen LogP contribution < -0.4 is 0 Å². The molecule has 2 nitrogen and oxygen atoms in total. The smallest absolute Gasteiger partial charge is 0.186 e. The maximum Gasteiger partial charge on any atom is 0.186 e. The molecule has 26 heavy (non-hydrogen) atoms. The average molecular weight is 332 g/mol. The molecule has 0 aliphatic heterocycles. The topological polar surface area (TPSA) is 17.8 Å². The second-order valence-corrected chi connectivity index (χ2v) is 6.43. The van der Waals surface area contributed by atoms with Gasteiger partial charge < -0.3 is 4.57 Å². The van der Waals surface area contributed by atoms with Gasteiger partial charge >= 0.3 is 0 Å². The molecule has 122 valence electrons. The molecule has 0 saturated carbocycles. The number of imidazole rings is 1. The van der Waals surface area contributed by atoms with Crippen molar-refractivity contribution in [2.24, 2.45) is 7.05 Å². The van der Waals surface area contributed by atoms with Crippen molar-refractivity contribution in [2.75, 3.05) is 0 Å². The highest BCUT2D eigenvalue weighted by Gasteiger charge is 2.07. The van der Waals surface area contributed by atoms with Gasteiger partial charge in [-0.05, 0) is 45.7 Å². The summed E-state index contributed by atoms with van der Waals surface area (Å²) in [4.78, 5) is 4.68. The van der Waals surface area contributed by atoms with Crippen LogP contribution in [0.1, 0.15) is 11.4 Å². The molecule has 4 aromatic carbocycles. The Bertz CT molecular complexity index is 1290. The first kappa shape index (κ1) is 14.7. The quantitative estimate of drug-likeness (QED) is 0.279. The summed E-state index contributed by atoms with van der Waals surface area (Å²) >= 11 is 0. The molecule has 0 spiro atoms. The third kappa shape index (κ3) is 2.26. The number of aromatic nitrogens is 2. The predicted molar refractivity (Wildman–Crippen MR) is 108 cm³/mol. The van der Waals surface area contributed by atoms with Crippen LogP contribution in [-0.4, -0.2) is 9.55 Å². The van der Waals surface area contributed by atoms with Crippen LogP contribution in [0.2, 0.25) is 0 Å². The van der Waals surface area contributed by atoms with Gasteiger partial charge in [0.05, 0.1) is 11.0 Å². The van der Waals surface area contributed by atoms with E-state index in [0.29, 0.717) is 0 Å². The van der Waals surface area contributed by atoms with Gasteiger partial charge in [-0.25, -0.2) is 4.98 Å². The van der Waals surface area contributed by atoms with Crippen molar-refractivity contribution in [3.8, 4) is 11.8 Å². The van der Waals surface area contributed by atoms with E-state index < -0.39 is 0 Å². The lowest BCUT2D eigenvalue weighted by Gasteiger charge is -2.06. The van der Waals surface area contributed by atoms with Gasteiger partial charge in [0.25, 0.3) is 0 Å². The van der Waals surface area contributed by atoms with Crippen molar-refractivity contribution in [1.82, 2.24) is 9.55 Å². The fourth-order valence-corrected chi connectivity index (χ4v) is 3.52. The van der Waals surface area contributed by atoms with Crippen LogP contribution in [0.5, 0.6) is 0 Å². The third-order valence-corrected chi connectivity index (χ3v) is 4.86. The van der Waals surface area contributed by atoms with Crippen LogP contribution in [0, 0.1) is 11.8 Å². The van der Waals surface area contributed by atoms with Crippen molar-refractivity contribution in [2.45, 2.75) is 0 Å². The lowest BCUT2D eigenvalue weighted by atomic mass is 9.97. The molecule has 0 aliphatic carbocycles. The number of fused-ring (bicyclic) bond motifs is 3. The zero-order valence-corrected chi connectivity index (χ0v) is 14.4. The van der Waals surface area contributed by atoms with E-state index in [-0.39, 0.29) is 0 Å². The number of rotatable bonds is 0. The van der Waals surface area contributed by atoms with E-state index in [2.05, 4.69) is 82.1 Å². The van der Waals surface area contributed by atoms with Crippen LogP contribution in [0.3, 0.4) is 0 Å². The standard InChI is InChI=1S/C24H16N2/c1-26-23-13-7-6-12-22(23)25-24(26)15-14-21-19-10-4-2-8-17(19)16-18-9-3-5-11-20(18)21/h2-13,16H,1H3. The fourth-order valence-electron chi connectivity index (χ4n) is 3.52. The van der Waals surface area contributed by atoms with Gasteiger partial charge in [0.1, 0.15) is 0 Å². The van der Waals surface area contributed by atoms with E-state index in [1.165, 1.54) is 21.5 Å². The Balaban J connectivity index is 1.79. The molecule has 0 radical (unpaired) electrons. The number of para-hydroxylation sites is 2. The Morgan fingerprint density at radius 2 is 1.35 bits per heavy atom. The van der Waals surface area contributed by atoms with Gasteiger partial charge in [0.15, 0.2) is 5.82 Å². The van der Waals surface area contributed by atoms with Crippen molar-refractivity contribution in [3.05, 3.63) is 90.3 Å². The molecule has 0 aliphatic rings. The molecule has 1 aromatic heterocycles. The first-order valence-electron chi connectivity index (χ1n) is 8.65. The molecule has 2 heteroatoms. The summed E-state index contributed by atoms with van der Waals surface area (Å²) in [6.45, 7) is 0. The van der Waals surface area contributed by atoms with Crippen LogP contribution in [0.15, 0.2) is 78.9 Å². The lowest BCUT2D eigenvalue weighted by molar-refractivity contribution is 0.925. The number of hydrogen-bond donors (Lipinski definition) is 0. The molecule has 5 rings (SSSR count). The van der Waals surface area contributed by atoms with Gasteiger partial charge in [-0.1, -0.05) is 66.6 Å². The highest BCUT2D eigenvalue weighted by Crippen LogP contribution is 2.27. The molecule has 0 unspecified atom stereocenters. The highest BCUT2D eigenvalue weighted by atomic mass is 15.0. The second kappa shape index (κ2) is 5.75. The third-order valence-electron chi connectivity index (χ3n) is 4.86. The van der Waals surface area contributed by atoms with Crippen molar-refractivity contribution >= 4 is 32.6 Å². The highest BCUT2D eigenvalue weighted by molar-refractivity contribution is 6.04. The van der Waals surface area contributed by atoms with Gasteiger partial charge in [-0.15, -0.1) is 0 Å². The second-order valence-electron chi connectivity index (χ2n) is 6.43. The number of benzene rings is 4. The first-order valence-corrected chi connectivity index (χ1v) is 8.65. The molecule has 1 heterocycles. The van der Waals surface area contributed by atoms with Gasteiger partial charge in [-0.2, -0.15) is 0 Å². The molecule has 0 bridgehead atoms. The van der Waals surface area contributed by atoms with Crippen LogP contribution in [0.4, 0.5) is 0 Å². The monoisotopic (exact) mass is 332 g/mol. The molecule has 0 amide bonds. The summed E-state index contributed by atoms with van der Waals surface area (Å²) in [5, 5.41) is 4.77. The summed E-state index contributed by atoms with van der Waals surface area (Å²) in [6, 6.07) is 27.2.